The van der Waals surface area contributed by atoms with Gasteiger partial charge >= 0.3 is 5.97 Å². The Morgan fingerprint density at radius 3 is 2.39 bits per heavy atom. The van der Waals surface area contributed by atoms with Crippen molar-refractivity contribution in [3.05, 3.63) is 23.8 Å². The van der Waals surface area contributed by atoms with E-state index in [1.165, 1.54) is 12.5 Å². The molecule has 2 rings (SSSR count). The van der Waals surface area contributed by atoms with Crippen LogP contribution >= 0.6 is 0 Å². The monoisotopic (exact) mass is 320 g/mol. The molecular formula is C18H24O5. The topological polar surface area (TPSA) is 54.0 Å². The van der Waals surface area contributed by atoms with E-state index < -0.39 is 0 Å². The third-order valence-corrected chi connectivity index (χ3v) is 3.95. The molecule has 5 heteroatoms. The Morgan fingerprint density at radius 2 is 1.78 bits per heavy atom. The van der Waals surface area contributed by atoms with Crippen molar-refractivity contribution in [1.82, 2.24) is 0 Å². The van der Waals surface area contributed by atoms with Crippen LogP contribution in [0.2, 0.25) is 0 Å². The molecule has 1 aromatic rings. The van der Waals surface area contributed by atoms with E-state index in [4.69, 9.17) is 18.9 Å². The van der Waals surface area contributed by atoms with Crippen LogP contribution in [-0.4, -0.2) is 33.4 Å². The molecule has 1 aromatic carbocycles. The molecule has 0 amide bonds. The highest BCUT2D eigenvalue weighted by Crippen LogP contribution is 2.36. The summed E-state index contributed by atoms with van der Waals surface area (Å²) in [5.74, 6) is 1.39. The lowest BCUT2D eigenvalue weighted by molar-refractivity contribution is -0.144. The van der Waals surface area contributed by atoms with Gasteiger partial charge in [-0.3, -0.25) is 0 Å². The van der Waals surface area contributed by atoms with Crippen LogP contribution in [0.5, 0.6) is 17.2 Å². The molecule has 0 radical (unpaired) electrons. The molecule has 5 nitrogen and oxygen atoms in total. The van der Waals surface area contributed by atoms with Crippen LogP contribution in [0.4, 0.5) is 0 Å². The van der Waals surface area contributed by atoms with E-state index in [-0.39, 0.29) is 12.1 Å². The van der Waals surface area contributed by atoms with Gasteiger partial charge in [0.1, 0.15) is 11.9 Å². The Bertz CT molecular complexity index is 559. The predicted octanol–water partition coefficient (Wildman–Crippen LogP) is 3.60. The molecule has 0 N–H and O–H groups in total. The van der Waals surface area contributed by atoms with Crippen LogP contribution in [0.25, 0.3) is 6.08 Å². The summed E-state index contributed by atoms with van der Waals surface area (Å²) in [5, 5.41) is 0. The second kappa shape index (κ2) is 8.46. The SMILES string of the molecule is COc1cc(C=CC(=O)OC2CCCCC2)c(OC)c(OC)c1. The molecule has 0 aromatic heterocycles. The molecule has 1 saturated carbocycles. The zero-order chi connectivity index (χ0) is 16.7. The molecule has 0 aliphatic heterocycles. The molecule has 23 heavy (non-hydrogen) atoms. The summed E-state index contributed by atoms with van der Waals surface area (Å²) in [6.45, 7) is 0. The molecule has 0 heterocycles. The smallest absolute Gasteiger partial charge is 0.331 e. The lowest BCUT2D eigenvalue weighted by Crippen LogP contribution is -2.19. The first kappa shape index (κ1) is 17.2. The summed E-state index contributed by atoms with van der Waals surface area (Å²) in [6.07, 6.45) is 8.52. The lowest BCUT2D eigenvalue weighted by Gasteiger charge is -2.21. The Balaban J connectivity index is 2.12. The highest BCUT2D eigenvalue weighted by Gasteiger charge is 2.17. The van der Waals surface area contributed by atoms with E-state index in [2.05, 4.69) is 0 Å². The molecule has 126 valence electrons. The first-order valence-electron chi connectivity index (χ1n) is 7.86. The molecule has 1 aliphatic rings. The summed E-state index contributed by atoms with van der Waals surface area (Å²) in [4.78, 5) is 12.0. The summed E-state index contributed by atoms with van der Waals surface area (Å²) in [6, 6.07) is 3.52. The molecule has 0 unspecified atom stereocenters. The normalized spacial score (nSPS) is 15.4. The van der Waals surface area contributed by atoms with Crippen molar-refractivity contribution in [3.63, 3.8) is 0 Å². The highest BCUT2D eigenvalue weighted by atomic mass is 16.5. The van der Waals surface area contributed by atoms with Crippen LogP contribution in [-0.2, 0) is 9.53 Å². The van der Waals surface area contributed by atoms with Gasteiger partial charge in [0, 0.05) is 17.7 Å². The summed E-state index contributed by atoms with van der Waals surface area (Å²) >= 11 is 0. The van der Waals surface area contributed by atoms with Crippen LogP contribution in [0.1, 0.15) is 37.7 Å². The number of carbonyl (C=O) groups is 1. The molecule has 0 saturated heterocycles. The molecule has 1 aliphatic carbocycles. The summed E-state index contributed by atoms with van der Waals surface area (Å²) in [5.41, 5.74) is 0.698. The van der Waals surface area contributed by atoms with E-state index in [0.29, 0.717) is 22.8 Å². The number of benzene rings is 1. The third-order valence-electron chi connectivity index (χ3n) is 3.95. The quantitative estimate of drug-likeness (QED) is 0.592. The van der Waals surface area contributed by atoms with Gasteiger partial charge in [-0.1, -0.05) is 6.42 Å². The maximum absolute atomic E-state index is 12.0. The largest absolute Gasteiger partial charge is 0.497 e. The van der Waals surface area contributed by atoms with Crippen molar-refractivity contribution in [1.29, 1.82) is 0 Å². The van der Waals surface area contributed by atoms with Crippen LogP contribution in [0.15, 0.2) is 18.2 Å². The van der Waals surface area contributed by atoms with Gasteiger partial charge in [-0.05, 0) is 37.8 Å². The predicted molar refractivity (Wildman–Crippen MR) is 88.1 cm³/mol. The number of ether oxygens (including phenoxy) is 4. The Kier molecular flexibility index (Phi) is 6.32. The van der Waals surface area contributed by atoms with Gasteiger partial charge in [0.15, 0.2) is 11.5 Å². The molecule has 0 bridgehead atoms. The first-order valence-corrected chi connectivity index (χ1v) is 7.86. The average Bonchev–Trinajstić information content (AvgIpc) is 2.59. The number of carbonyl (C=O) groups excluding carboxylic acids is 1. The summed E-state index contributed by atoms with van der Waals surface area (Å²) in [7, 11) is 4.69. The second-order valence-corrected chi connectivity index (χ2v) is 5.48. The van der Waals surface area contributed by atoms with Crippen molar-refractivity contribution < 1.29 is 23.7 Å². The van der Waals surface area contributed by atoms with Crippen LogP contribution < -0.4 is 14.2 Å². The first-order chi connectivity index (χ1) is 11.2. The average molecular weight is 320 g/mol. The van der Waals surface area contributed by atoms with Gasteiger partial charge in [0.05, 0.1) is 21.3 Å². The minimum Gasteiger partial charge on any atom is -0.497 e. The Hall–Kier alpha value is -2.17. The van der Waals surface area contributed by atoms with E-state index in [9.17, 15) is 4.79 Å². The second-order valence-electron chi connectivity index (χ2n) is 5.48. The number of esters is 1. The van der Waals surface area contributed by atoms with Gasteiger partial charge in [-0.25, -0.2) is 4.79 Å². The molecule has 1 fully saturated rings. The standard InChI is InChI=1S/C18H24O5/c1-20-15-11-13(18(22-3)16(12-15)21-2)9-10-17(19)23-14-7-5-4-6-8-14/h9-12,14H,4-8H2,1-3H3. The fourth-order valence-corrected chi connectivity index (χ4v) is 2.75. The Morgan fingerprint density at radius 1 is 1.04 bits per heavy atom. The third kappa shape index (κ3) is 4.65. The van der Waals surface area contributed by atoms with Crippen molar-refractivity contribution >= 4 is 12.0 Å². The van der Waals surface area contributed by atoms with Crippen molar-refractivity contribution in [2.24, 2.45) is 0 Å². The van der Waals surface area contributed by atoms with E-state index in [0.717, 1.165) is 25.7 Å². The number of rotatable bonds is 6. The fraction of sp³-hybridized carbons (Fsp3) is 0.500. The zero-order valence-corrected chi connectivity index (χ0v) is 14.0. The minimum absolute atomic E-state index is 0.0441. The maximum Gasteiger partial charge on any atom is 0.331 e. The molecule has 0 atom stereocenters. The lowest BCUT2D eigenvalue weighted by atomic mass is 9.98. The van der Waals surface area contributed by atoms with E-state index >= 15 is 0 Å². The number of hydrogen-bond acceptors (Lipinski definition) is 5. The molecular weight excluding hydrogens is 296 g/mol. The fourth-order valence-electron chi connectivity index (χ4n) is 2.75. The molecule has 0 spiro atoms. The van der Waals surface area contributed by atoms with Crippen molar-refractivity contribution in [2.45, 2.75) is 38.2 Å². The van der Waals surface area contributed by atoms with E-state index in [1.807, 2.05) is 0 Å². The summed E-state index contributed by atoms with van der Waals surface area (Å²) < 4.78 is 21.4. The van der Waals surface area contributed by atoms with Gasteiger partial charge < -0.3 is 18.9 Å². The Labute approximate surface area is 137 Å². The van der Waals surface area contributed by atoms with Gasteiger partial charge in [0.2, 0.25) is 0 Å². The van der Waals surface area contributed by atoms with Gasteiger partial charge in [-0.2, -0.15) is 0 Å². The van der Waals surface area contributed by atoms with E-state index in [1.54, 1.807) is 39.5 Å². The van der Waals surface area contributed by atoms with Crippen LogP contribution in [0.3, 0.4) is 0 Å². The highest BCUT2D eigenvalue weighted by molar-refractivity contribution is 5.88. The van der Waals surface area contributed by atoms with Gasteiger partial charge in [-0.15, -0.1) is 0 Å². The number of methoxy groups -OCH3 is 3. The van der Waals surface area contributed by atoms with Gasteiger partial charge in [0.25, 0.3) is 0 Å². The van der Waals surface area contributed by atoms with Crippen LogP contribution in [0, 0.1) is 0 Å². The van der Waals surface area contributed by atoms with Crippen molar-refractivity contribution in [3.8, 4) is 17.2 Å². The van der Waals surface area contributed by atoms with Crippen molar-refractivity contribution in [2.75, 3.05) is 21.3 Å². The number of hydrogen-bond donors (Lipinski definition) is 0. The minimum atomic E-state index is -0.333. The maximum atomic E-state index is 12.0. The zero-order valence-electron chi connectivity index (χ0n) is 14.0.